The first-order valence-corrected chi connectivity index (χ1v) is 7.76. The first kappa shape index (κ1) is 16.6. The van der Waals surface area contributed by atoms with Crippen molar-refractivity contribution in [1.29, 1.82) is 0 Å². The van der Waals surface area contributed by atoms with Gasteiger partial charge in [0.1, 0.15) is 0 Å². The van der Waals surface area contributed by atoms with Crippen molar-refractivity contribution in [1.82, 2.24) is 10.1 Å². The highest BCUT2D eigenvalue weighted by atomic mass is 19.1. The molecule has 2 aromatic carbocycles. The fourth-order valence-electron chi connectivity index (χ4n) is 2.15. The maximum Gasteiger partial charge on any atom is 0.262 e. The van der Waals surface area contributed by atoms with Crippen LogP contribution >= 0.6 is 0 Å². The number of para-hydroxylation sites is 1. The van der Waals surface area contributed by atoms with Crippen LogP contribution in [0.5, 0.6) is 5.75 Å². The molecule has 0 aliphatic rings. The summed E-state index contributed by atoms with van der Waals surface area (Å²) >= 11 is 0. The zero-order valence-corrected chi connectivity index (χ0v) is 13.5. The topological polar surface area (TPSA) is 77.2 Å². The van der Waals surface area contributed by atoms with Crippen molar-refractivity contribution in [2.45, 2.75) is 13.3 Å². The van der Waals surface area contributed by atoms with E-state index in [1.807, 2.05) is 6.92 Å². The molecule has 0 saturated heterocycles. The van der Waals surface area contributed by atoms with Gasteiger partial charge in [0.25, 0.3) is 11.8 Å². The first-order valence-electron chi connectivity index (χ1n) is 7.76. The number of nitrogens with one attached hydrogen (secondary N) is 1. The molecular weight excluding hydrogens is 325 g/mol. The van der Waals surface area contributed by atoms with Gasteiger partial charge in [0.2, 0.25) is 0 Å². The molecule has 6 nitrogen and oxygen atoms in total. The van der Waals surface area contributed by atoms with Gasteiger partial charge in [0.05, 0.1) is 0 Å². The minimum Gasteiger partial charge on any atom is -0.481 e. The van der Waals surface area contributed by atoms with Gasteiger partial charge in [-0.05, 0) is 30.3 Å². The summed E-state index contributed by atoms with van der Waals surface area (Å²) in [5.41, 5.74) is 1.25. The van der Waals surface area contributed by atoms with E-state index in [4.69, 9.17) is 9.26 Å². The first-order chi connectivity index (χ1) is 12.2. The Morgan fingerprint density at radius 1 is 1.24 bits per heavy atom. The number of halogens is 1. The number of rotatable bonds is 6. The summed E-state index contributed by atoms with van der Waals surface area (Å²) in [5.74, 6) is 0.114. The van der Waals surface area contributed by atoms with E-state index in [2.05, 4.69) is 15.5 Å². The number of aryl methyl sites for hydroxylation is 1. The van der Waals surface area contributed by atoms with Crippen LogP contribution in [-0.4, -0.2) is 22.7 Å². The van der Waals surface area contributed by atoms with Crippen LogP contribution in [0, 0.1) is 5.82 Å². The second-order valence-corrected chi connectivity index (χ2v) is 5.22. The van der Waals surface area contributed by atoms with E-state index in [1.165, 1.54) is 12.1 Å². The van der Waals surface area contributed by atoms with Gasteiger partial charge in [-0.1, -0.05) is 30.3 Å². The summed E-state index contributed by atoms with van der Waals surface area (Å²) in [6.45, 7) is 1.63. The maximum atomic E-state index is 13.5. The second kappa shape index (κ2) is 7.57. The van der Waals surface area contributed by atoms with Gasteiger partial charge >= 0.3 is 0 Å². The quantitative estimate of drug-likeness (QED) is 0.743. The lowest BCUT2D eigenvalue weighted by molar-refractivity contribution is -0.118. The Hall–Kier alpha value is -3.22. The van der Waals surface area contributed by atoms with Crippen LogP contribution in [0.3, 0.4) is 0 Å². The van der Waals surface area contributed by atoms with Crippen molar-refractivity contribution in [3.05, 3.63) is 60.2 Å². The highest BCUT2D eigenvalue weighted by Gasteiger charge is 2.10. The molecule has 0 aliphatic heterocycles. The molecule has 0 saturated carbocycles. The van der Waals surface area contributed by atoms with Crippen molar-refractivity contribution in [2.24, 2.45) is 0 Å². The predicted octanol–water partition coefficient (Wildman–Crippen LogP) is 3.46. The Labute approximate surface area is 143 Å². The summed E-state index contributed by atoms with van der Waals surface area (Å²) in [6.07, 6.45) is 0.674. The standard InChI is InChI=1S/C18H16FN3O3/c1-2-16-21-18(25-22-16)12-6-5-7-13(10-12)20-17(23)11-24-15-9-4-3-8-14(15)19/h3-10H,2,11H2,1H3,(H,20,23). The molecule has 0 bridgehead atoms. The minimum atomic E-state index is -0.514. The average Bonchev–Trinajstić information content (AvgIpc) is 3.10. The highest BCUT2D eigenvalue weighted by Crippen LogP contribution is 2.21. The lowest BCUT2D eigenvalue weighted by Crippen LogP contribution is -2.20. The molecule has 0 atom stereocenters. The number of aromatic nitrogens is 2. The molecular formula is C18H16FN3O3. The number of hydrogen-bond acceptors (Lipinski definition) is 5. The van der Waals surface area contributed by atoms with E-state index in [0.29, 0.717) is 29.4 Å². The van der Waals surface area contributed by atoms with Crippen molar-refractivity contribution >= 4 is 11.6 Å². The maximum absolute atomic E-state index is 13.5. The fourth-order valence-corrected chi connectivity index (χ4v) is 2.15. The molecule has 0 fully saturated rings. The molecule has 25 heavy (non-hydrogen) atoms. The molecule has 128 valence electrons. The Bertz CT molecular complexity index is 879. The van der Waals surface area contributed by atoms with Crippen molar-refractivity contribution in [2.75, 3.05) is 11.9 Å². The second-order valence-electron chi connectivity index (χ2n) is 5.22. The third-order valence-corrected chi connectivity index (χ3v) is 3.37. The van der Waals surface area contributed by atoms with Crippen molar-refractivity contribution in [3.63, 3.8) is 0 Å². The predicted molar refractivity (Wildman–Crippen MR) is 89.6 cm³/mol. The van der Waals surface area contributed by atoms with Crippen LogP contribution in [0.25, 0.3) is 11.5 Å². The van der Waals surface area contributed by atoms with E-state index in [-0.39, 0.29) is 12.4 Å². The number of carbonyl (C=O) groups excluding carboxylic acids is 1. The molecule has 0 spiro atoms. The number of nitrogens with zero attached hydrogens (tertiary/aromatic N) is 2. The van der Waals surface area contributed by atoms with E-state index in [1.54, 1.807) is 36.4 Å². The van der Waals surface area contributed by atoms with Gasteiger partial charge < -0.3 is 14.6 Å². The molecule has 1 amide bonds. The fraction of sp³-hybridized carbons (Fsp3) is 0.167. The van der Waals surface area contributed by atoms with Gasteiger partial charge in [0, 0.05) is 17.7 Å². The van der Waals surface area contributed by atoms with Crippen LogP contribution in [0.4, 0.5) is 10.1 Å². The lowest BCUT2D eigenvalue weighted by Gasteiger charge is -2.08. The molecule has 0 radical (unpaired) electrons. The summed E-state index contributed by atoms with van der Waals surface area (Å²) < 4.78 is 23.8. The van der Waals surface area contributed by atoms with Crippen LogP contribution < -0.4 is 10.1 Å². The molecule has 1 heterocycles. The SMILES string of the molecule is CCc1noc(-c2cccc(NC(=O)COc3ccccc3F)c2)n1. The molecule has 7 heteroatoms. The van der Waals surface area contributed by atoms with E-state index >= 15 is 0 Å². The molecule has 1 N–H and O–H groups in total. The van der Waals surface area contributed by atoms with Gasteiger partial charge in [-0.15, -0.1) is 0 Å². The molecule has 0 aliphatic carbocycles. The zero-order valence-electron chi connectivity index (χ0n) is 13.5. The van der Waals surface area contributed by atoms with E-state index in [9.17, 15) is 9.18 Å². The van der Waals surface area contributed by atoms with Crippen molar-refractivity contribution < 1.29 is 18.4 Å². The summed E-state index contributed by atoms with van der Waals surface area (Å²) in [4.78, 5) is 16.2. The van der Waals surface area contributed by atoms with Crippen molar-refractivity contribution in [3.8, 4) is 17.2 Å². The van der Waals surface area contributed by atoms with Gasteiger partial charge in [-0.2, -0.15) is 4.98 Å². The summed E-state index contributed by atoms with van der Waals surface area (Å²) in [6, 6.07) is 12.9. The number of amides is 1. The Kier molecular flexibility index (Phi) is 5.03. The van der Waals surface area contributed by atoms with Crippen LogP contribution in [-0.2, 0) is 11.2 Å². The number of hydrogen-bond donors (Lipinski definition) is 1. The molecule has 3 aromatic rings. The van der Waals surface area contributed by atoms with E-state index in [0.717, 1.165) is 0 Å². The lowest BCUT2D eigenvalue weighted by atomic mass is 10.2. The Morgan fingerprint density at radius 2 is 2.08 bits per heavy atom. The monoisotopic (exact) mass is 341 g/mol. The molecule has 0 unspecified atom stereocenters. The normalized spacial score (nSPS) is 10.5. The van der Waals surface area contributed by atoms with Gasteiger partial charge in [-0.3, -0.25) is 4.79 Å². The Balaban J connectivity index is 1.63. The van der Waals surface area contributed by atoms with Gasteiger partial charge in [-0.25, -0.2) is 4.39 Å². The molecule has 1 aromatic heterocycles. The number of ether oxygens (including phenoxy) is 1. The van der Waals surface area contributed by atoms with Crippen LogP contribution in [0.1, 0.15) is 12.7 Å². The summed E-state index contributed by atoms with van der Waals surface area (Å²) in [7, 11) is 0. The number of benzene rings is 2. The third kappa shape index (κ3) is 4.20. The van der Waals surface area contributed by atoms with Crippen LogP contribution in [0.15, 0.2) is 53.1 Å². The largest absolute Gasteiger partial charge is 0.481 e. The van der Waals surface area contributed by atoms with Gasteiger partial charge in [0.15, 0.2) is 24.0 Å². The smallest absolute Gasteiger partial charge is 0.262 e. The number of carbonyl (C=O) groups is 1. The summed E-state index contributed by atoms with van der Waals surface area (Å²) in [5, 5.41) is 6.53. The minimum absolute atomic E-state index is 0.0318. The Morgan fingerprint density at radius 3 is 2.84 bits per heavy atom. The molecule has 3 rings (SSSR count). The average molecular weight is 341 g/mol. The zero-order chi connectivity index (χ0) is 17.6. The van der Waals surface area contributed by atoms with Crippen LogP contribution in [0.2, 0.25) is 0 Å². The highest BCUT2D eigenvalue weighted by molar-refractivity contribution is 5.92. The third-order valence-electron chi connectivity index (χ3n) is 3.37. The van der Waals surface area contributed by atoms with E-state index < -0.39 is 11.7 Å². The number of anilines is 1.